The molecule has 2 aromatic rings. The molecule has 6 heteroatoms. The Morgan fingerprint density at radius 1 is 1.15 bits per heavy atom. The number of alkyl halides is 3. The van der Waals surface area contributed by atoms with Gasteiger partial charge in [0.05, 0.1) is 12.8 Å². The maximum Gasteiger partial charge on any atom is 0.433 e. The quantitative estimate of drug-likeness (QED) is 0.916. The summed E-state index contributed by atoms with van der Waals surface area (Å²) in [5.41, 5.74) is 0.0425. The Balaban J connectivity index is 2.05. The molecule has 0 fully saturated rings. The van der Waals surface area contributed by atoms with Gasteiger partial charge in [-0.25, -0.2) is 0 Å². The summed E-state index contributed by atoms with van der Waals surface area (Å²) in [6.45, 7) is -0.489. The van der Waals surface area contributed by atoms with Gasteiger partial charge in [-0.1, -0.05) is 30.3 Å². The third-order valence-corrected chi connectivity index (χ3v) is 3.03. The smallest absolute Gasteiger partial charge is 0.392 e. The molecule has 108 valence electrons. The number of nitrogens with zero attached hydrogens (tertiary/aromatic N) is 2. The van der Waals surface area contributed by atoms with Crippen molar-refractivity contribution in [3.63, 3.8) is 0 Å². The molecule has 0 aliphatic heterocycles. The summed E-state index contributed by atoms with van der Waals surface area (Å²) < 4.78 is 39.6. The molecule has 0 aliphatic carbocycles. The minimum atomic E-state index is -4.50. The van der Waals surface area contributed by atoms with E-state index in [1.165, 1.54) is 0 Å². The zero-order valence-electron chi connectivity index (χ0n) is 10.8. The number of aromatic nitrogens is 2. The van der Waals surface area contributed by atoms with E-state index in [1.807, 2.05) is 30.3 Å². The monoisotopic (exact) mass is 284 g/mol. The van der Waals surface area contributed by atoms with Crippen molar-refractivity contribution in [2.75, 3.05) is 0 Å². The van der Waals surface area contributed by atoms with Gasteiger partial charge in [0, 0.05) is 12.1 Å². The molecular formula is C14H15F3N2O. The summed E-state index contributed by atoms with van der Waals surface area (Å²) in [5, 5.41) is 12.7. The molecular weight excluding hydrogens is 269 g/mol. The van der Waals surface area contributed by atoms with Crippen LogP contribution < -0.4 is 0 Å². The van der Waals surface area contributed by atoms with Crippen molar-refractivity contribution in [2.24, 2.45) is 0 Å². The second-order valence-electron chi connectivity index (χ2n) is 4.49. The average molecular weight is 284 g/mol. The van der Waals surface area contributed by atoms with Gasteiger partial charge in [0.25, 0.3) is 0 Å². The van der Waals surface area contributed by atoms with Crippen molar-refractivity contribution in [1.82, 2.24) is 9.78 Å². The molecule has 0 radical (unpaired) electrons. The lowest BCUT2D eigenvalue weighted by Crippen LogP contribution is -2.17. The van der Waals surface area contributed by atoms with Gasteiger partial charge >= 0.3 is 6.18 Å². The van der Waals surface area contributed by atoms with Crippen LogP contribution in [0.3, 0.4) is 0 Å². The summed E-state index contributed by atoms with van der Waals surface area (Å²) in [6.07, 6.45) is -2.18. The molecule has 0 amide bonds. The molecule has 20 heavy (non-hydrogen) atoms. The largest absolute Gasteiger partial charge is 0.433 e. The third kappa shape index (κ3) is 3.39. The molecule has 3 nitrogen and oxygen atoms in total. The number of hydrogen-bond donors (Lipinski definition) is 1. The maximum atomic E-state index is 12.9. The molecule has 1 N–H and O–H groups in total. The Kier molecular flexibility index (Phi) is 4.44. The highest BCUT2D eigenvalue weighted by atomic mass is 19.4. The lowest BCUT2D eigenvalue weighted by atomic mass is 10.1. The molecule has 1 aromatic carbocycles. The van der Waals surface area contributed by atoms with Crippen LogP contribution in [0, 0.1) is 0 Å². The standard InChI is InChI=1S/C14H15F3N2O/c15-14(16,17)13-12(10-20)9-18-19(13)8-4-7-11-5-2-1-3-6-11/h1-3,5-6,9,20H,4,7-8,10H2. The number of rotatable bonds is 5. The number of aryl methyl sites for hydroxylation is 2. The van der Waals surface area contributed by atoms with Crippen LogP contribution >= 0.6 is 0 Å². The van der Waals surface area contributed by atoms with Crippen LogP contribution in [-0.4, -0.2) is 14.9 Å². The Morgan fingerprint density at radius 2 is 1.85 bits per heavy atom. The number of hydrogen-bond acceptors (Lipinski definition) is 2. The number of halogens is 3. The second kappa shape index (κ2) is 6.09. The van der Waals surface area contributed by atoms with Gasteiger partial charge in [0.1, 0.15) is 5.69 Å². The van der Waals surface area contributed by atoms with Gasteiger partial charge in [0.15, 0.2) is 0 Å². The summed E-state index contributed by atoms with van der Waals surface area (Å²) in [7, 11) is 0. The fourth-order valence-corrected chi connectivity index (χ4v) is 2.12. The number of aliphatic hydroxyl groups excluding tert-OH is 1. The predicted octanol–water partition coefficient (Wildman–Crippen LogP) is 3.03. The molecule has 1 aromatic heterocycles. The molecule has 0 bridgehead atoms. The van der Waals surface area contributed by atoms with E-state index in [1.54, 1.807) is 0 Å². The first kappa shape index (κ1) is 14.6. The van der Waals surface area contributed by atoms with Crippen LogP contribution in [0.15, 0.2) is 36.5 Å². The molecule has 0 saturated heterocycles. The van der Waals surface area contributed by atoms with Crippen molar-refractivity contribution in [3.05, 3.63) is 53.3 Å². The zero-order valence-corrected chi connectivity index (χ0v) is 10.8. The molecule has 0 spiro atoms. The van der Waals surface area contributed by atoms with E-state index in [2.05, 4.69) is 5.10 Å². The summed E-state index contributed by atoms with van der Waals surface area (Å²) in [6, 6.07) is 9.56. The molecule has 2 rings (SSSR count). The molecule has 0 unspecified atom stereocenters. The number of aliphatic hydroxyl groups is 1. The van der Waals surface area contributed by atoms with Crippen molar-refractivity contribution < 1.29 is 18.3 Å². The molecule has 0 aliphatic rings. The van der Waals surface area contributed by atoms with Gasteiger partial charge in [-0.05, 0) is 18.4 Å². The summed E-state index contributed by atoms with van der Waals surface area (Å²) in [5.74, 6) is 0. The Bertz CT molecular complexity index is 549. The van der Waals surface area contributed by atoms with Gasteiger partial charge < -0.3 is 5.11 Å². The maximum absolute atomic E-state index is 12.9. The van der Waals surface area contributed by atoms with E-state index in [-0.39, 0.29) is 12.1 Å². The van der Waals surface area contributed by atoms with Crippen LogP contribution in [0.2, 0.25) is 0 Å². The van der Waals surface area contributed by atoms with Crippen LogP contribution in [0.25, 0.3) is 0 Å². The number of benzene rings is 1. The first-order valence-electron chi connectivity index (χ1n) is 6.29. The molecule has 1 heterocycles. The zero-order chi connectivity index (χ0) is 14.6. The van der Waals surface area contributed by atoms with Crippen LogP contribution in [0.1, 0.15) is 23.2 Å². The van der Waals surface area contributed by atoms with Gasteiger partial charge in [0.2, 0.25) is 0 Å². The lowest BCUT2D eigenvalue weighted by molar-refractivity contribution is -0.145. The normalized spacial score (nSPS) is 11.8. The highest BCUT2D eigenvalue weighted by molar-refractivity contribution is 5.20. The van der Waals surface area contributed by atoms with Gasteiger partial charge in [-0.2, -0.15) is 18.3 Å². The van der Waals surface area contributed by atoms with E-state index in [0.29, 0.717) is 12.8 Å². The van der Waals surface area contributed by atoms with Crippen LogP contribution in [-0.2, 0) is 25.7 Å². The van der Waals surface area contributed by atoms with Crippen LogP contribution in [0.4, 0.5) is 13.2 Å². The van der Waals surface area contributed by atoms with E-state index < -0.39 is 18.5 Å². The predicted molar refractivity (Wildman–Crippen MR) is 67.9 cm³/mol. The van der Waals surface area contributed by atoms with Gasteiger partial charge in [-0.15, -0.1) is 0 Å². The Morgan fingerprint density at radius 3 is 2.45 bits per heavy atom. The van der Waals surface area contributed by atoms with Crippen molar-refractivity contribution in [1.29, 1.82) is 0 Å². The topological polar surface area (TPSA) is 38.1 Å². The summed E-state index contributed by atoms with van der Waals surface area (Å²) in [4.78, 5) is 0. The fourth-order valence-electron chi connectivity index (χ4n) is 2.12. The average Bonchev–Trinajstić information content (AvgIpc) is 2.83. The lowest BCUT2D eigenvalue weighted by Gasteiger charge is -2.12. The van der Waals surface area contributed by atoms with Gasteiger partial charge in [-0.3, -0.25) is 4.68 Å². The highest BCUT2D eigenvalue weighted by Crippen LogP contribution is 2.32. The third-order valence-electron chi connectivity index (χ3n) is 3.03. The molecule has 0 atom stereocenters. The van der Waals surface area contributed by atoms with E-state index in [4.69, 9.17) is 5.11 Å². The minimum absolute atomic E-state index is 0.170. The van der Waals surface area contributed by atoms with Crippen LogP contribution in [0.5, 0.6) is 0 Å². The first-order chi connectivity index (χ1) is 9.52. The SMILES string of the molecule is OCc1cnn(CCCc2ccccc2)c1C(F)(F)F. The van der Waals surface area contributed by atoms with Crippen molar-refractivity contribution in [3.8, 4) is 0 Å². The van der Waals surface area contributed by atoms with E-state index in [0.717, 1.165) is 16.4 Å². The van der Waals surface area contributed by atoms with Crippen molar-refractivity contribution in [2.45, 2.75) is 32.2 Å². The minimum Gasteiger partial charge on any atom is -0.392 e. The highest BCUT2D eigenvalue weighted by Gasteiger charge is 2.37. The summed E-state index contributed by atoms with van der Waals surface area (Å²) >= 11 is 0. The Labute approximate surface area is 114 Å². The molecule has 0 saturated carbocycles. The Hall–Kier alpha value is -1.82. The second-order valence-corrected chi connectivity index (χ2v) is 4.49. The van der Waals surface area contributed by atoms with E-state index in [9.17, 15) is 13.2 Å². The fraction of sp³-hybridized carbons (Fsp3) is 0.357. The van der Waals surface area contributed by atoms with Crippen molar-refractivity contribution >= 4 is 0 Å². The van der Waals surface area contributed by atoms with E-state index >= 15 is 0 Å². The first-order valence-corrected chi connectivity index (χ1v) is 6.29.